The summed E-state index contributed by atoms with van der Waals surface area (Å²) in [6, 6.07) is 5.38. The van der Waals surface area contributed by atoms with Crippen LogP contribution in [0.15, 0.2) is 30.4 Å². The lowest BCUT2D eigenvalue weighted by atomic mass is 10.1. The highest BCUT2D eigenvalue weighted by Gasteiger charge is 2.08. The van der Waals surface area contributed by atoms with Gasteiger partial charge in [-0.05, 0) is 30.5 Å². The molecule has 1 heterocycles. The number of benzene rings is 1. The van der Waals surface area contributed by atoms with Crippen molar-refractivity contribution < 1.29 is 4.79 Å². The Morgan fingerprint density at radius 3 is 2.86 bits per heavy atom. The molecule has 0 bridgehead atoms. The number of rotatable bonds is 6. The number of carbonyl (C=O) groups is 1. The topological polar surface area (TPSA) is 32.3 Å². The van der Waals surface area contributed by atoms with Gasteiger partial charge in [0.15, 0.2) is 0 Å². The van der Waals surface area contributed by atoms with Crippen molar-refractivity contribution in [1.29, 1.82) is 0 Å². The molecule has 1 aromatic rings. The Morgan fingerprint density at radius 1 is 1.29 bits per heavy atom. The van der Waals surface area contributed by atoms with Gasteiger partial charge in [-0.3, -0.25) is 9.69 Å². The summed E-state index contributed by atoms with van der Waals surface area (Å²) >= 11 is 11.9. The number of amides is 1. The zero-order valence-corrected chi connectivity index (χ0v) is 13.5. The summed E-state index contributed by atoms with van der Waals surface area (Å²) in [5, 5.41) is 4.19. The van der Waals surface area contributed by atoms with E-state index in [4.69, 9.17) is 23.2 Å². The highest BCUT2D eigenvalue weighted by molar-refractivity contribution is 6.35. The van der Waals surface area contributed by atoms with Gasteiger partial charge in [-0.1, -0.05) is 41.4 Å². The molecule has 2 rings (SSSR count). The molecular weight excluding hydrogens is 307 g/mol. The maximum absolute atomic E-state index is 11.8. The number of nitrogens with one attached hydrogen (secondary N) is 1. The quantitative estimate of drug-likeness (QED) is 0.813. The van der Waals surface area contributed by atoms with Gasteiger partial charge in [-0.25, -0.2) is 0 Å². The normalized spacial score (nSPS) is 15.1. The molecule has 1 aromatic carbocycles. The van der Waals surface area contributed by atoms with E-state index in [1.165, 1.54) is 0 Å². The predicted octanol–water partition coefficient (Wildman–Crippen LogP) is 3.30. The minimum absolute atomic E-state index is 0.0635. The lowest BCUT2D eigenvalue weighted by Crippen LogP contribution is -2.36. The molecule has 3 nitrogen and oxygen atoms in total. The molecule has 1 N–H and O–H groups in total. The lowest BCUT2D eigenvalue weighted by Gasteiger charge is -2.22. The van der Waals surface area contributed by atoms with E-state index in [0.29, 0.717) is 29.4 Å². The van der Waals surface area contributed by atoms with Crippen LogP contribution >= 0.6 is 23.2 Å². The molecule has 0 spiro atoms. The maximum atomic E-state index is 11.8. The highest BCUT2D eigenvalue weighted by Crippen LogP contribution is 2.21. The molecule has 0 fully saturated rings. The van der Waals surface area contributed by atoms with Crippen LogP contribution < -0.4 is 5.32 Å². The van der Waals surface area contributed by atoms with Crippen molar-refractivity contribution in [1.82, 2.24) is 10.2 Å². The second-order valence-corrected chi connectivity index (χ2v) is 5.99. The molecular formula is C16H20Cl2N2O. The summed E-state index contributed by atoms with van der Waals surface area (Å²) in [4.78, 5) is 14.2. The van der Waals surface area contributed by atoms with Gasteiger partial charge in [-0.2, -0.15) is 0 Å². The maximum Gasteiger partial charge on any atom is 0.220 e. The summed E-state index contributed by atoms with van der Waals surface area (Å²) in [5.41, 5.74) is 0.956. The van der Waals surface area contributed by atoms with E-state index in [1.54, 1.807) is 12.1 Å². The summed E-state index contributed by atoms with van der Waals surface area (Å²) in [6.45, 7) is 3.65. The van der Waals surface area contributed by atoms with Gasteiger partial charge >= 0.3 is 0 Å². The molecule has 5 heteroatoms. The van der Waals surface area contributed by atoms with E-state index in [-0.39, 0.29) is 5.91 Å². The number of aryl methyl sites for hydroxylation is 1. The van der Waals surface area contributed by atoms with Crippen LogP contribution in [0.2, 0.25) is 10.0 Å². The first kappa shape index (κ1) is 16.3. The van der Waals surface area contributed by atoms with Crippen molar-refractivity contribution in [3.63, 3.8) is 0 Å². The molecule has 114 valence electrons. The molecule has 0 atom stereocenters. The molecule has 0 saturated carbocycles. The summed E-state index contributed by atoms with van der Waals surface area (Å²) < 4.78 is 0. The first-order valence-electron chi connectivity index (χ1n) is 7.23. The molecule has 1 amide bonds. The van der Waals surface area contributed by atoms with Crippen molar-refractivity contribution in [2.45, 2.75) is 19.3 Å². The van der Waals surface area contributed by atoms with Crippen LogP contribution in [0.25, 0.3) is 0 Å². The Labute approximate surface area is 135 Å². The average Bonchev–Trinajstić information content (AvgIpc) is 2.47. The van der Waals surface area contributed by atoms with E-state index in [1.807, 2.05) is 6.07 Å². The summed E-state index contributed by atoms with van der Waals surface area (Å²) in [6.07, 6.45) is 6.55. The van der Waals surface area contributed by atoms with Crippen LogP contribution in [0, 0.1) is 0 Å². The highest BCUT2D eigenvalue weighted by atomic mass is 35.5. The van der Waals surface area contributed by atoms with E-state index in [2.05, 4.69) is 22.4 Å². The van der Waals surface area contributed by atoms with E-state index < -0.39 is 0 Å². The third-order valence-corrected chi connectivity index (χ3v) is 4.12. The molecule has 1 aliphatic rings. The second-order valence-electron chi connectivity index (χ2n) is 5.15. The molecule has 0 aromatic heterocycles. The van der Waals surface area contributed by atoms with E-state index in [9.17, 15) is 4.79 Å². The van der Waals surface area contributed by atoms with Crippen molar-refractivity contribution in [2.75, 3.05) is 26.2 Å². The van der Waals surface area contributed by atoms with Gasteiger partial charge in [0.2, 0.25) is 5.91 Å². The van der Waals surface area contributed by atoms with Crippen LogP contribution in [0.1, 0.15) is 18.4 Å². The Hall–Kier alpha value is -1.03. The van der Waals surface area contributed by atoms with Crippen LogP contribution in [-0.2, 0) is 11.2 Å². The fraction of sp³-hybridized carbons (Fsp3) is 0.438. The van der Waals surface area contributed by atoms with Crippen LogP contribution in [-0.4, -0.2) is 37.0 Å². The van der Waals surface area contributed by atoms with Crippen molar-refractivity contribution in [2.24, 2.45) is 0 Å². The van der Waals surface area contributed by atoms with Gasteiger partial charge in [0, 0.05) is 42.6 Å². The van der Waals surface area contributed by atoms with Gasteiger partial charge < -0.3 is 5.32 Å². The Balaban J connectivity index is 1.66. The van der Waals surface area contributed by atoms with Crippen molar-refractivity contribution in [3.05, 3.63) is 46.0 Å². The monoisotopic (exact) mass is 326 g/mol. The van der Waals surface area contributed by atoms with Crippen LogP contribution in [0.5, 0.6) is 0 Å². The molecule has 21 heavy (non-hydrogen) atoms. The van der Waals surface area contributed by atoms with Crippen molar-refractivity contribution in [3.8, 4) is 0 Å². The first-order chi connectivity index (χ1) is 10.1. The van der Waals surface area contributed by atoms with Gasteiger partial charge in [-0.15, -0.1) is 0 Å². The minimum Gasteiger partial charge on any atom is -0.355 e. The molecule has 1 aliphatic heterocycles. The van der Waals surface area contributed by atoms with Crippen molar-refractivity contribution >= 4 is 29.1 Å². The molecule has 0 radical (unpaired) electrons. The fourth-order valence-electron chi connectivity index (χ4n) is 2.31. The average molecular weight is 327 g/mol. The zero-order chi connectivity index (χ0) is 15.1. The number of nitrogens with zero attached hydrogens (tertiary/aromatic N) is 1. The summed E-state index contributed by atoms with van der Waals surface area (Å²) in [7, 11) is 0. The molecule has 0 aliphatic carbocycles. The first-order valence-corrected chi connectivity index (χ1v) is 7.99. The van der Waals surface area contributed by atoms with Gasteiger partial charge in [0.1, 0.15) is 0 Å². The Morgan fingerprint density at radius 2 is 2.14 bits per heavy atom. The number of hydrogen-bond acceptors (Lipinski definition) is 2. The molecule has 0 unspecified atom stereocenters. The lowest BCUT2D eigenvalue weighted by molar-refractivity contribution is -0.121. The number of carbonyl (C=O) groups excluding carboxylic acids is 1. The third kappa shape index (κ3) is 5.70. The van der Waals surface area contributed by atoms with Crippen LogP contribution in [0.4, 0.5) is 0 Å². The second kappa shape index (κ2) is 8.42. The van der Waals surface area contributed by atoms with E-state index >= 15 is 0 Å². The predicted molar refractivity (Wildman–Crippen MR) is 88.0 cm³/mol. The zero-order valence-electron chi connectivity index (χ0n) is 11.9. The largest absolute Gasteiger partial charge is 0.355 e. The third-order valence-electron chi connectivity index (χ3n) is 3.53. The fourth-order valence-corrected chi connectivity index (χ4v) is 2.81. The Bertz CT molecular complexity index is 517. The summed E-state index contributed by atoms with van der Waals surface area (Å²) in [5.74, 6) is 0.0635. The standard InChI is InChI=1S/C16H20Cl2N2O/c17-14-6-4-13(15(18)12-14)5-7-16(21)19-8-11-20-9-2-1-3-10-20/h1-2,4,6,12H,3,5,7-11H2,(H,19,21). The Kier molecular flexibility index (Phi) is 6.55. The number of halogens is 2. The minimum atomic E-state index is 0.0635. The SMILES string of the molecule is O=C(CCc1ccc(Cl)cc1Cl)NCCN1CC=CCC1. The van der Waals surface area contributed by atoms with Gasteiger partial charge in [0.05, 0.1) is 0 Å². The smallest absolute Gasteiger partial charge is 0.220 e. The van der Waals surface area contributed by atoms with Gasteiger partial charge in [0.25, 0.3) is 0 Å². The van der Waals surface area contributed by atoms with E-state index in [0.717, 1.165) is 31.6 Å². The van der Waals surface area contributed by atoms with Crippen LogP contribution in [0.3, 0.4) is 0 Å². The number of hydrogen-bond donors (Lipinski definition) is 1. The molecule has 0 saturated heterocycles.